The van der Waals surface area contributed by atoms with Crippen LogP contribution in [0.2, 0.25) is 0 Å². The molecule has 0 aliphatic heterocycles. The maximum absolute atomic E-state index is 11.7. The first-order valence-corrected chi connectivity index (χ1v) is 7.42. The third-order valence-electron chi connectivity index (χ3n) is 2.91. The van der Waals surface area contributed by atoms with Crippen LogP contribution in [-0.2, 0) is 22.6 Å². The second kappa shape index (κ2) is 8.25. The van der Waals surface area contributed by atoms with E-state index in [4.69, 9.17) is 10.8 Å². The van der Waals surface area contributed by atoms with Crippen molar-refractivity contribution in [2.24, 2.45) is 5.73 Å². The number of rotatable bonds is 8. The molecule has 21 heavy (non-hydrogen) atoms. The molecular formula is C13H19N3O4S. The number of amides is 3. The Bertz CT molecular complexity index is 515. The average Bonchev–Trinajstić information content (AvgIpc) is 2.88. The van der Waals surface area contributed by atoms with E-state index in [1.165, 1.54) is 11.3 Å². The van der Waals surface area contributed by atoms with Crippen molar-refractivity contribution in [3.8, 4) is 0 Å². The summed E-state index contributed by atoms with van der Waals surface area (Å²) in [4.78, 5) is 34.4. The smallest absolute Gasteiger partial charge is 0.326 e. The molecule has 0 spiro atoms. The van der Waals surface area contributed by atoms with Crippen LogP contribution in [0.3, 0.4) is 0 Å². The molecule has 7 nitrogen and oxygen atoms in total. The van der Waals surface area contributed by atoms with Gasteiger partial charge in [0.1, 0.15) is 6.04 Å². The van der Waals surface area contributed by atoms with E-state index in [1.54, 1.807) is 0 Å². The van der Waals surface area contributed by atoms with E-state index < -0.39 is 23.9 Å². The monoisotopic (exact) mass is 313 g/mol. The van der Waals surface area contributed by atoms with Gasteiger partial charge in [0.2, 0.25) is 5.91 Å². The summed E-state index contributed by atoms with van der Waals surface area (Å²) in [6, 6.07) is 0.278. The molecule has 0 radical (unpaired) electrons. The second-order valence-corrected chi connectivity index (χ2v) is 5.45. The number of hydrogen-bond donors (Lipinski definition) is 4. The van der Waals surface area contributed by atoms with Crippen molar-refractivity contribution in [3.05, 3.63) is 21.9 Å². The molecule has 0 fully saturated rings. The first-order valence-electron chi connectivity index (χ1n) is 6.54. The lowest BCUT2D eigenvalue weighted by molar-refractivity contribution is -0.139. The molecule has 116 valence electrons. The van der Waals surface area contributed by atoms with Crippen LogP contribution >= 0.6 is 11.3 Å². The van der Waals surface area contributed by atoms with E-state index in [0.29, 0.717) is 6.54 Å². The average molecular weight is 313 g/mol. The minimum Gasteiger partial charge on any atom is -0.480 e. The molecule has 0 bridgehead atoms. The Morgan fingerprint density at radius 1 is 1.43 bits per heavy atom. The van der Waals surface area contributed by atoms with Crippen LogP contribution < -0.4 is 16.4 Å². The summed E-state index contributed by atoms with van der Waals surface area (Å²) < 4.78 is 0. The summed E-state index contributed by atoms with van der Waals surface area (Å²) in [7, 11) is 0. The van der Waals surface area contributed by atoms with Gasteiger partial charge in [0, 0.05) is 11.3 Å². The summed E-state index contributed by atoms with van der Waals surface area (Å²) in [5.41, 5.74) is 6.12. The summed E-state index contributed by atoms with van der Waals surface area (Å²) in [5, 5.41) is 15.9. The fourth-order valence-corrected chi connectivity index (χ4v) is 2.67. The maximum atomic E-state index is 11.7. The largest absolute Gasteiger partial charge is 0.480 e. The van der Waals surface area contributed by atoms with Crippen LogP contribution in [-0.4, -0.2) is 29.1 Å². The van der Waals surface area contributed by atoms with Gasteiger partial charge in [-0.2, -0.15) is 0 Å². The van der Waals surface area contributed by atoms with Crippen LogP contribution in [0.15, 0.2) is 11.4 Å². The molecule has 0 saturated heterocycles. The Morgan fingerprint density at radius 3 is 2.71 bits per heavy atom. The zero-order valence-electron chi connectivity index (χ0n) is 11.7. The van der Waals surface area contributed by atoms with Gasteiger partial charge in [-0.25, -0.2) is 9.59 Å². The molecule has 5 N–H and O–H groups in total. The SMILES string of the molecule is CCc1ccsc1CNC(=O)NC(CCC(N)=O)C(=O)O. The molecule has 1 unspecified atom stereocenters. The molecule has 1 aromatic heterocycles. The molecule has 0 aliphatic rings. The topological polar surface area (TPSA) is 122 Å². The number of aliphatic carboxylic acids is 1. The van der Waals surface area contributed by atoms with Gasteiger partial charge < -0.3 is 21.5 Å². The molecule has 1 heterocycles. The third kappa shape index (κ3) is 5.82. The molecular weight excluding hydrogens is 294 g/mol. The lowest BCUT2D eigenvalue weighted by Gasteiger charge is -2.14. The third-order valence-corrected chi connectivity index (χ3v) is 3.87. The van der Waals surface area contributed by atoms with E-state index in [2.05, 4.69) is 10.6 Å². The number of carbonyl (C=O) groups is 3. The normalized spacial score (nSPS) is 11.7. The highest BCUT2D eigenvalue weighted by Crippen LogP contribution is 2.16. The summed E-state index contributed by atoms with van der Waals surface area (Å²) in [5.74, 6) is -1.80. The first-order chi connectivity index (χ1) is 9.93. The zero-order valence-corrected chi connectivity index (χ0v) is 12.5. The quantitative estimate of drug-likeness (QED) is 0.568. The molecule has 8 heteroatoms. The van der Waals surface area contributed by atoms with E-state index in [0.717, 1.165) is 16.9 Å². The van der Waals surface area contributed by atoms with E-state index in [-0.39, 0.29) is 12.8 Å². The van der Waals surface area contributed by atoms with Crippen LogP contribution in [0.5, 0.6) is 0 Å². The number of aryl methyl sites for hydroxylation is 1. The number of hydrogen-bond acceptors (Lipinski definition) is 4. The first kappa shape index (κ1) is 17.0. The van der Waals surface area contributed by atoms with E-state index in [9.17, 15) is 14.4 Å². The minimum atomic E-state index is -1.20. The van der Waals surface area contributed by atoms with Crippen molar-refractivity contribution in [2.45, 2.75) is 38.8 Å². The molecule has 1 atom stereocenters. The Balaban J connectivity index is 2.46. The number of nitrogens with two attached hydrogens (primary N) is 1. The number of carboxylic acid groups (broad SMARTS) is 1. The van der Waals surface area contributed by atoms with Crippen LogP contribution in [0.4, 0.5) is 4.79 Å². The molecule has 0 aromatic carbocycles. The second-order valence-electron chi connectivity index (χ2n) is 4.45. The minimum absolute atomic E-state index is 0.0305. The van der Waals surface area contributed by atoms with Crippen molar-refractivity contribution in [2.75, 3.05) is 0 Å². The standard InChI is InChI=1S/C13H19N3O4S/c1-2-8-5-6-21-10(8)7-15-13(20)16-9(12(18)19)3-4-11(14)17/h5-6,9H,2-4,7H2,1H3,(H2,14,17)(H,18,19)(H2,15,16,20). The summed E-state index contributed by atoms with van der Waals surface area (Å²) >= 11 is 1.54. The Hall–Kier alpha value is -2.09. The molecule has 1 rings (SSSR count). The number of urea groups is 1. The molecule has 1 aromatic rings. The molecule has 3 amide bonds. The Kier molecular flexibility index (Phi) is 6.67. The van der Waals surface area contributed by atoms with Gasteiger partial charge in [0.25, 0.3) is 0 Å². The fourth-order valence-electron chi connectivity index (χ4n) is 1.75. The van der Waals surface area contributed by atoms with E-state index in [1.807, 2.05) is 18.4 Å². The van der Waals surface area contributed by atoms with Gasteiger partial charge in [-0.1, -0.05) is 6.92 Å². The maximum Gasteiger partial charge on any atom is 0.326 e. The zero-order chi connectivity index (χ0) is 15.8. The Morgan fingerprint density at radius 2 is 2.14 bits per heavy atom. The Labute approximate surface area is 126 Å². The molecule has 0 aliphatic carbocycles. The van der Waals surface area contributed by atoms with Crippen LogP contribution in [0.25, 0.3) is 0 Å². The van der Waals surface area contributed by atoms with Gasteiger partial charge in [0.15, 0.2) is 0 Å². The molecule has 0 saturated carbocycles. The van der Waals surface area contributed by atoms with Crippen molar-refractivity contribution < 1.29 is 19.5 Å². The van der Waals surface area contributed by atoms with Gasteiger partial charge in [-0.15, -0.1) is 11.3 Å². The highest BCUT2D eigenvalue weighted by atomic mass is 32.1. The summed E-state index contributed by atoms with van der Waals surface area (Å²) in [6.07, 6.45) is 0.748. The highest BCUT2D eigenvalue weighted by Gasteiger charge is 2.20. The lowest BCUT2D eigenvalue weighted by atomic mass is 10.1. The number of thiophene rings is 1. The lowest BCUT2D eigenvalue weighted by Crippen LogP contribution is -2.46. The van der Waals surface area contributed by atoms with Gasteiger partial charge in [-0.05, 0) is 29.9 Å². The predicted molar refractivity (Wildman–Crippen MR) is 78.9 cm³/mol. The number of nitrogens with one attached hydrogen (secondary N) is 2. The fraction of sp³-hybridized carbons (Fsp3) is 0.462. The van der Waals surface area contributed by atoms with Gasteiger partial charge in [-0.3, -0.25) is 4.79 Å². The van der Waals surface area contributed by atoms with Crippen molar-refractivity contribution >= 4 is 29.2 Å². The van der Waals surface area contributed by atoms with Crippen molar-refractivity contribution in [3.63, 3.8) is 0 Å². The van der Waals surface area contributed by atoms with Crippen LogP contribution in [0, 0.1) is 0 Å². The highest BCUT2D eigenvalue weighted by molar-refractivity contribution is 7.10. The van der Waals surface area contributed by atoms with Gasteiger partial charge in [0.05, 0.1) is 6.54 Å². The number of carbonyl (C=O) groups excluding carboxylic acids is 2. The van der Waals surface area contributed by atoms with Crippen molar-refractivity contribution in [1.29, 1.82) is 0 Å². The predicted octanol–water partition coefficient (Wildman–Crippen LogP) is 0.828. The van der Waals surface area contributed by atoms with Gasteiger partial charge >= 0.3 is 12.0 Å². The summed E-state index contributed by atoms with van der Waals surface area (Å²) in [6.45, 7) is 2.37. The number of carboxylic acids is 1. The van der Waals surface area contributed by atoms with Crippen LogP contribution in [0.1, 0.15) is 30.2 Å². The van der Waals surface area contributed by atoms with E-state index >= 15 is 0 Å². The number of primary amides is 1. The van der Waals surface area contributed by atoms with Crippen molar-refractivity contribution in [1.82, 2.24) is 10.6 Å².